The van der Waals surface area contributed by atoms with E-state index >= 15 is 0 Å². The number of carbonyl (C=O) groups is 1. The van der Waals surface area contributed by atoms with Crippen molar-refractivity contribution in [3.63, 3.8) is 0 Å². The van der Waals surface area contributed by atoms with Crippen molar-refractivity contribution in [1.82, 2.24) is 0 Å². The van der Waals surface area contributed by atoms with E-state index in [1.807, 2.05) is 42.5 Å². The van der Waals surface area contributed by atoms with Crippen molar-refractivity contribution in [3.05, 3.63) is 65.7 Å². The molecule has 0 bridgehead atoms. The van der Waals surface area contributed by atoms with Crippen molar-refractivity contribution >= 4 is 5.78 Å². The van der Waals surface area contributed by atoms with Crippen LogP contribution in [0.1, 0.15) is 22.8 Å². The average molecular weight is 240 g/mol. The number of rotatable bonds is 5. The first kappa shape index (κ1) is 12.4. The van der Waals surface area contributed by atoms with Crippen LogP contribution in [0.5, 0.6) is 5.75 Å². The summed E-state index contributed by atoms with van der Waals surface area (Å²) in [7, 11) is 0. The van der Waals surface area contributed by atoms with Gasteiger partial charge in [0.05, 0.1) is 0 Å². The maximum atomic E-state index is 11.8. The highest BCUT2D eigenvalue weighted by molar-refractivity contribution is 5.97. The molecule has 0 spiro atoms. The monoisotopic (exact) mass is 240 g/mol. The minimum atomic E-state index is -0.00231. The van der Waals surface area contributed by atoms with Gasteiger partial charge in [0, 0.05) is 5.56 Å². The third-order valence-electron chi connectivity index (χ3n) is 2.77. The number of ketones is 1. The van der Waals surface area contributed by atoms with Crippen LogP contribution >= 0.6 is 0 Å². The number of benzene rings is 2. The highest BCUT2D eigenvalue weighted by Gasteiger charge is 2.05. The van der Waals surface area contributed by atoms with E-state index in [9.17, 15) is 4.79 Å². The fourth-order valence-electron chi connectivity index (χ4n) is 1.71. The highest BCUT2D eigenvalue weighted by Crippen LogP contribution is 2.14. The first-order valence-corrected chi connectivity index (χ1v) is 6.09. The molecule has 0 aliphatic heterocycles. The molecule has 0 aromatic heterocycles. The third-order valence-corrected chi connectivity index (χ3v) is 2.77. The Kier molecular flexibility index (Phi) is 4.13. The molecule has 0 amide bonds. The standard InChI is InChI=1S/C16H16O2/c1-2-13-7-6-10-15(11-13)18-12-16(17)14-8-4-3-5-9-14/h3-11H,2,12H2,1H3. The van der Waals surface area contributed by atoms with E-state index in [2.05, 4.69) is 6.92 Å². The first-order chi connectivity index (χ1) is 8.79. The normalized spacial score (nSPS) is 10.1. The maximum absolute atomic E-state index is 11.8. The zero-order chi connectivity index (χ0) is 12.8. The van der Waals surface area contributed by atoms with Gasteiger partial charge in [-0.3, -0.25) is 4.79 Å². The Hall–Kier alpha value is -2.09. The van der Waals surface area contributed by atoms with Gasteiger partial charge in [-0.15, -0.1) is 0 Å². The number of ether oxygens (including phenoxy) is 1. The summed E-state index contributed by atoms with van der Waals surface area (Å²) in [6.07, 6.45) is 0.962. The smallest absolute Gasteiger partial charge is 0.200 e. The van der Waals surface area contributed by atoms with Gasteiger partial charge in [-0.05, 0) is 24.1 Å². The summed E-state index contributed by atoms with van der Waals surface area (Å²) in [5, 5.41) is 0. The van der Waals surface area contributed by atoms with Crippen LogP contribution in [0.15, 0.2) is 54.6 Å². The lowest BCUT2D eigenvalue weighted by Gasteiger charge is -2.06. The second kappa shape index (κ2) is 6.01. The Bertz CT molecular complexity index is 518. The lowest BCUT2D eigenvalue weighted by molar-refractivity contribution is 0.0921. The van der Waals surface area contributed by atoms with Crippen molar-refractivity contribution in [3.8, 4) is 5.75 Å². The van der Waals surface area contributed by atoms with E-state index < -0.39 is 0 Å². The minimum Gasteiger partial charge on any atom is -0.485 e. The van der Waals surface area contributed by atoms with Gasteiger partial charge < -0.3 is 4.74 Å². The van der Waals surface area contributed by atoms with Crippen LogP contribution in [0.3, 0.4) is 0 Å². The van der Waals surface area contributed by atoms with Gasteiger partial charge in [-0.2, -0.15) is 0 Å². The maximum Gasteiger partial charge on any atom is 0.200 e. The van der Waals surface area contributed by atoms with E-state index in [0.29, 0.717) is 5.56 Å². The van der Waals surface area contributed by atoms with E-state index in [0.717, 1.165) is 12.2 Å². The lowest BCUT2D eigenvalue weighted by Crippen LogP contribution is -2.11. The fourth-order valence-corrected chi connectivity index (χ4v) is 1.71. The Balaban J connectivity index is 1.97. The van der Waals surface area contributed by atoms with Crippen LogP contribution in [0.4, 0.5) is 0 Å². The Morgan fingerprint density at radius 1 is 1.06 bits per heavy atom. The molecule has 0 heterocycles. The third kappa shape index (κ3) is 3.20. The summed E-state index contributed by atoms with van der Waals surface area (Å²) in [4.78, 5) is 11.8. The molecule has 2 heteroatoms. The summed E-state index contributed by atoms with van der Waals surface area (Å²) >= 11 is 0. The number of hydrogen-bond donors (Lipinski definition) is 0. The molecule has 0 saturated heterocycles. The predicted molar refractivity (Wildman–Crippen MR) is 72.1 cm³/mol. The van der Waals surface area contributed by atoms with Crippen LogP contribution in [0, 0.1) is 0 Å². The number of aryl methyl sites for hydroxylation is 1. The summed E-state index contributed by atoms with van der Waals surface area (Å²) in [5.74, 6) is 0.746. The first-order valence-electron chi connectivity index (χ1n) is 6.09. The number of carbonyl (C=O) groups excluding carboxylic acids is 1. The quantitative estimate of drug-likeness (QED) is 0.747. The predicted octanol–water partition coefficient (Wildman–Crippen LogP) is 3.51. The topological polar surface area (TPSA) is 26.3 Å². The van der Waals surface area contributed by atoms with Gasteiger partial charge in [0.2, 0.25) is 0 Å². The van der Waals surface area contributed by atoms with Crippen LogP contribution in [-0.2, 0) is 6.42 Å². The molecule has 0 unspecified atom stereocenters. The molecule has 0 radical (unpaired) electrons. The molecule has 2 rings (SSSR count). The molecule has 0 fully saturated rings. The van der Waals surface area contributed by atoms with E-state index in [-0.39, 0.29) is 12.4 Å². The summed E-state index contributed by atoms with van der Waals surface area (Å²) < 4.78 is 5.52. The Labute approximate surface area is 107 Å². The van der Waals surface area contributed by atoms with Crippen molar-refractivity contribution in [1.29, 1.82) is 0 Å². The van der Waals surface area contributed by atoms with Crippen LogP contribution < -0.4 is 4.74 Å². The molecular weight excluding hydrogens is 224 g/mol. The lowest BCUT2D eigenvalue weighted by atomic mass is 10.1. The van der Waals surface area contributed by atoms with Crippen LogP contribution in [-0.4, -0.2) is 12.4 Å². The molecule has 92 valence electrons. The molecule has 0 atom stereocenters. The average Bonchev–Trinajstić information content (AvgIpc) is 2.46. The van der Waals surface area contributed by atoms with Gasteiger partial charge in [-0.1, -0.05) is 49.4 Å². The summed E-state index contributed by atoms with van der Waals surface area (Å²) in [5.41, 5.74) is 1.89. The Morgan fingerprint density at radius 2 is 1.83 bits per heavy atom. The Morgan fingerprint density at radius 3 is 2.56 bits per heavy atom. The summed E-state index contributed by atoms with van der Waals surface area (Å²) in [6.45, 7) is 2.17. The molecule has 2 aromatic carbocycles. The molecule has 18 heavy (non-hydrogen) atoms. The molecule has 2 aromatic rings. The van der Waals surface area contributed by atoms with Crippen molar-refractivity contribution in [2.75, 3.05) is 6.61 Å². The molecular formula is C16H16O2. The molecule has 0 saturated carbocycles. The minimum absolute atomic E-state index is 0.00231. The van der Waals surface area contributed by atoms with Gasteiger partial charge >= 0.3 is 0 Å². The largest absolute Gasteiger partial charge is 0.485 e. The van der Waals surface area contributed by atoms with E-state index in [1.165, 1.54) is 5.56 Å². The second-order valence-electron chi connectivity index (χ2n) is 4.08. The second-order valence-corrected chi connectivity index (χ2v) is 4.08. The van der Waals surface area contributed by atoms with Gasteiger partial charge in [0.1, 0.15) is 5.75 Å². The SMILES string of the molecule is CCc1cccc(OCC(=O)c2ccccc2)c1. The van der Waals surface area contributed by atoms with Gasteiger partial charge in [0.15, 0.2) is 12.4 Å². The van der Waals surface area contributed by atoms with Gasteiger partial charge in [0.25, 0.3) is 0 Å². The van der Waals surface area contributed by atoms with Crippen LogP contribution in [0.25, 0.3) is 0 Å². The molecule has 0 aliphatic carbocycles. The molecule has 2 nitrogen and oxygen atoms in total. The van der Waals surface area contributed by atoms with E-state index in [1.54, 1.807) is 12.1 Å². The number of Topliss-reactive ketones (excluding diaryl/α,β-unsaturated/α-hetero) is 1. The molecule has 0 aliphatic rings. The van der Waals surface area contributed by atoms with Crippen molar-refractivity contribution < 1.29 is 9.53 Å². The van der Waals surface area contributed by atoms with Crippen molar-refractivity contribution in [2.45, 2.75) is 13.3 Å². The molecule has 0 N–H and O–H groups in total. The van der Waals surface area contributed by atoms with E-state index in [4.69, 9.17) is 4.74 Å². The number of hydrogen-bond acceptors (Lipinski definition) is 2. The highest BCUT2D eigenvalue weighted by atomic mass is 16.5. The van der Waals surface area contributed by atoms with Gasteiger partial charge in [-0.25, -0.2) is 0 Å². The summed E-state index contributed by atoms with van der Waals surface area (Å²) in [6, 6.07) is 17.0. The zero-order valence-corrected chi connectivity index (χ0v) is 10.4. The zero-order valence-electron chi connectivity index (χ0n) is 10.4. The van der Waals surface area contributed by atoms with Crippen molar-refractivity contribution in [2.24, 2.45) is 0 Å². The van der Waals surface area contributed by atoms with Crippen LogP contribution in [0.2, 0.25) is 0 Å². The fraction of sp³-hybridized carbons (Fsp3) is 0.188.